The van der Waals surface area contributed by atoms with Crippen molar-refractivity contribution in [2.45, 2.75) is 12.5 Å². The summed E-state index contributed by atoms with van der Waals surface area (Å²) in [6.07, 6.45) is 2.94. The zero-order chi connectivity index (χ0) is 16.5. The normalized spacial score (nSPS) is 16.1. The van der Waals surface area contributed by atoms with Gasteiger partial charge in [-0.3, -0.25) is 4.79 Å². The molecule has 1 aromatic heterocycles. The van der Waals surface area contributed by atoms with Crippen molar-refractivity contribution in [1.29, 1.82) is 0 Å². The summed E-state index contributed by atoms with van der Waals surface area (Å²) < 4.78 is 0. The maximum absolute atomic E-state index is 11.4. The van der Waals surface area contributed by atoms with E-state index >= 15 is 0 Å². The Hall–Kier alpha value is -3.15. The molecule has 0 bridgehead atoms. The van der Waals surface area contributed by atoms with E-state index in [1.807, 2.05) is 18.2 Å². The minimum Gasteiger partial charge on any atom is -0.381 e. The summed E-state index contributed by atoms with van der Waals surface area (Å²) in [4.78, 5) is 25.0. The van der Waals surface area contributed by atoms with Crippen LogP contribution in [-0.2, 0) is 6.42 Å². The average Bonchev–Trinajstić information content (AvgIpc) is 3.03. The summed E-state index contributed by atoms with van der Waals surface area (Å²) in [5.74, 6) is -0.750. The van der Waals surface area contributed by atoms with Gasteiger partial charge in [-0.15, -0.1) is 4.91 Å². The monoisotopic (exact) mass is 320 g/mol. The zero-order valence-corrected chi connectivity index (χ0v) is 12.9. The standard InChI is InChI=1S/C18H16N4O2/c23-18(22-24)11-5-6-16-17(8-11)20-10-13(21-16)7-12-9-19-15-4-2-1-3-14(12)15/h1-6,8-9,13,19-21H,7,10H2/t13-/m1/s1. The first-order chi connectivity index (χ1) is 11.7. The first kappa shape index (κ1) is 14.4. The Bertz CT molecular complexity index is 932. The van der Waals surface area contributed by atoms with Crippen LogP contribution >= 0.6 is 0 Å². The average molecular weight is 320 g/mol. The highest BCUT2D eigenvalue weighted by Crippen LogP contribution is 2.29. The Morgan fingerprint density at radius 1 is 1.17 bits per heavy atom. The number of hydrogen-bond donors (Lipinski definition) is 3. The summed E-state index contributed by atoms with van der Waals surface area (Å²) in [6, 6.07) is 13.6. The largest absolute Gasteiger partial charge is 0.381 e. The summed E-state index contributed by atoms with van der Waals surface area (Å²) in [5.41, 5.74) is 4.45. The smallest absolute Gasteiger partial charge is 0.316 e. The lowest BCUT2D eigenvalue weighted by molar-refractivity contribution is 0.100. The van der Waals surface area contributed by atoms with E-state index in [1.165, 1.54) is 10.9 Å². The van der Waals surface area contributed by atoms with Crippen LogP contribution < -0.4 is 10.6 Å². The Balaban J connectivity index is 1.54. The predicted octanol–water partition coefficient (Wildman–Crippen LogP) is 3.52. The van der Waals surface area contributed by atoms with E-state index < -0.39 is 5.91 Å². The number of aromatic amines is 1. The SMILES string of the molecule is O=NC(=O)c1ccc2c(c1)NC[C@@H](Cc1c[nH]c3ccccc13)N2. The number of nitrogens with one attached hydrogen (secondary N) is 3. The topological polar surface area (TPSA) is 86.3 Å². The Labute approximate surface area is 138 Å². The van der Waals surface area contributed by atoms with Crippen molar-refractivity contribution in [2.24, 2.45) is 5.18 Å². The van der Waals surface area contributed by atoms with Gasteiger partial charge in [0.15, 0.2) is 0 Å². The van der Waals surface area contributed by atoms with Gasteiger partial charge in [0.2, 0.25) is 0 Å². The van der Waals surface area contributed by atoms with Gasteiger partial charge >= 0.3 is 5.91 Å². The second-order valence-corrected chi connectivity index (χ2v) is 5.94. The van der Waals surface area contributed by atoms with Crippen molar-refractivity contribution in [2.75, 3.05) is 17.2 Å². The third kappa shape index (κ3) is 2.52. The first-order valence-electron chi connectivity index (χ1n) is 7.82. The van der Waals surface area contributed by atoms with Gasteiger partial charge in [-0.05, 0) is 36.2 Å². The van der Waals surface area contributed by atoms with E-state index in [2.05, 4.69) is 39.1 Å². The fraction of sp³-hybridized carbons (Fsp3) is 0.167. The lowest BCUT2D eigenvalue weighted by Gasteiger charge is -2.28. The maximum Gasteiger partial charge on any atom is 0.316 e. The lowest BCUT2D eigenvalue weighted by atomic mass is 10.0. The van der Waals surface area contributed by atoms with Crippen molar-refractivity contribution < 1.29 is 4.79 Å². The van der Waals surface area contributed by atoms with E-state index in [0.717, 1.165) is 29.9 Å². The van der Waals surface area contributed by atoms with Crippen LogP contribution in [0.15, 0.2) is 53.8 Å². The molecule has 3 aromatic rings. The van der Waals surface area contributed by atoms with E-state index in [4.69, 9.17) is 0 Å². The number of anilines is 2. The number of H-pyrrole nitrogens is 1. The van der Waals surface area contributed by atoms with Gasteiger partial charge in [0.1, 0.15) is 0 Å². The zero-order valence-electron chi connectivity index (χ0n) is 12.9. The predicted molar refractivity (Wildman–Crippen MR) is 94.5 cm³/mol. The first-order valence-corrected chi connectivity index (χ1v) is 7.82. The molecule has 6 heteroatoms. The number of nitroso groups, excluding NO2 is 1. The third-order valence-electron chi connectivity index (χ3n) is 4.39. The molecule has 120 valence electrons. The molecule has 1 atom stereocenters. The van der Waals surface area contributed by atoms with E-state index in [1.54, 1.807) is 12.1 Å². The number of para-hydroxylation sites is 1. The van der Waals surface area contributed by atoms with Gasteiger partial charge in [-0.2, -0.15) is 0 Å². The van der Waals surface area contributed by atoms with Gasteiger partial charge in [-0.25, -0.2) is 0 Å². The molecule has 0 saturated carbocycles. The highest BCUT2D eigenvalue weighted by Gasteiger charge is 2.20. The number of amides is 1. The number of fused-ring (bicyclic) bond motifs is 2. The Morgan fingerprint density at radius 2 is 2.04 bits per heavy atom. The molecule has 0 aliphatic carbocycles. The van der Waals surface area contributed by atoms with Crippen LogP contribution in [0.25, 0.3) is 10.9 Å². The van der Waals surface area contributed by atoms with Gasteiger partial charge in [-0.1, -0.05) is 18.2 Å². The van der Waals surface area contributed by atoms with Crippen LogP contribution in [0.2, 0.25) is 0 Å². The highest BCUT2D eigenvalue weighted by molar-refractivity contribution is 5.97. The molecule has 24 heavy (non-hydrogen) atoms. The summed E-state index contributed by atoms with van der Waals surface area (Å²) in [6.45, 7) is 0.735. The molecular weight excluding hydrogens is 304 g/mol. The van der Waals surface area contributed by atoms with E-state index in [-0.39, 0.29) is 6.04 Å². The fourth-order valence-corrected chi connectivity index (χ4v) is 3.20. The second-order valence-electron chi connectivity index (χ2n) is 5.94. The number of rotatable bonds is 3. The molecule has 2 heterocycles. The molecule has 4 rings (SSSR count). The number of hydrogen-bond acceptors (Lipinski definition) is 4. The summed E-state index contributed by atoms with van der Waals surface area (Å²) in [5, 5.41) is 10.5. The Kier molecular flexibility index (Phi) is 3.49. The quantitative estimate of drug-likeness (QED) is 0.644. The van der Waals surface area contributed by atoms with Gasteiger partial charge < -0.3 is 15.6 Å². The molecule has 1 amide bonds. The van der Waals surface area contributed by atoms with Crippen LogP contribution in [0.4, 0.5) is 11.4 Å². The molecule has 0 fully saturated rings. The third-order valence-corrected chi connectivity index (χ3v) is 4.39. The summed E-state index contributed by atoms with van der Waals surface area (Å²) in [7, 11) is 0. The number of carbonyl (C=O) groups excluding carboxylic acids is 1. The van der Waals surface area contributed by atoms with Gasteiger partial charge in [0.05, 0.1) is 11.4 Å². The molecule has 0 radical (unpaired) electrons. The molecule has 1 aliphatic heterocycles. The fourth-order valence-electron chi connectivity index (χ4n) is 3.20. The molecule has 0 saturated heterocycles. The second kappa shape index (κ2) is 5.81. The lowest BCUT2D eigenvalue weighted by Crippen LogP contribution is -2.34. The van der Waals surface area contributed by atoms with Crippen LogP contribution in [0.3, 0.4) is 0 Å². The highest BCUT2D eigenvalue weighted by atomic mass is 16.3. The molecule has 0 spiro atoms. The molecule has 1 aliphatic rings. The van der Waals surface area contributed by atoms with Crippen molar-refractivity contribution in [3.8, 4) is 0 Å². The van der Waals surface area contributed by atoms with E-state index in [9.17, 15) is 9.70 Å². The van der Waals surface area contributed by atoms with Crippen molar-refractivity contribution in [1.82, 2.24) is 4.98 Å². The van der Waals surface area contributed by atoms with Crippen molar-refractivity contribution in [3.63, 3.8) is 0 Å². The van der Waals surface area contributed by atoms with Crippen LogP contribution in [0.5, 0.6) is 0 Å². The van der Waals surface area contributed by atoms with E-state index in [0.29, 0.717) is 5.56 Å². The van der Waals surface area contributed by atoms with Crippen molar-refractivity contribution in [3.05, 3.63) is 64.7 Å². The van der Waals surface area contributed by atoms with Gasteiger partial charge in [0.25, 0.3) is 0 Å². The number of aromatic nitrogens is 1. The maximum atomic E-state index is 11.4. The molecule has 2 aromatic carbocycles. The molecule has 6 nitrogen and oxygen atoms in total. The molecular formula is C18H16N4O2. The number of benzene rings is 2. The minimum absolute atomic E-state index is 0.238. The minimum atomic E-state index is -0.750. The van der Waals surface area contributed by atoms with Crippen LogP contribution in [0.1, 0.15) is 15.9 Å². The number of nitrogens with zero attached hydrogens (tertiary/aromatic N) is 1. The van der Waals surface area contributed by atoms with Crippen LogP contribution in [0, 0.1) is 4.91 Å². The van der Waals surface area contributed by atoms with Crippen LogP contribution in [-0.4, -0.2) is 23.5 Å². The van der Waals surface area contributed by atoms with Gasteiger partial charge in [0, 0.05) is 40.4 Å². The Morgan fingerprint density at radius 3 is 2.92 bits per heavy atom. The molecule has 3 N–H and O–H groups in total. The molecule has 0 unspecified atom stereocenters. The summed E-state index contributed by atoms with van der Waals surface area (Å²) >= 11 is 0. The number of carbonyl (C=O) groups is 1. The van der Waals surface area contributed by atoms with Crippen molar-refractivity contribution >= 4 is 28.2 Å².